The number of benzene rings is 1. The Labute approximate surface area is 190 Å². The van der Waals surface area contributed by atoms with Crippen molar-refractivity contribution in [2.24, 2.45) is 4.99 Å². The molecule has 8 nitrogen and oxygen atoms in total. The fraction of sp³-hybridized carbons (Fsp3) is 0.542. The average Bonchev–Trinajstić information content (AvgIpc) is 3.36. The fourth-order valence-corrected chi connectivity index (χ4v) is 4.29. The first kappa shape index (κ1) is 22.3. The summed E-state index contributed by atoms with van der Waals surface area (Å²) in [7, 11) is 0. The van der Waals surface area contributed by atoms with Gasteiger partial charge >= 0.3 is 0 Å². The Bertz CT molecular complexity index is 866. The van der Waals surface area contributed by atoms with E-state index < -0.39 is 0 Å². The highest BCUT2D eigenvalue weighted by atomic mass is 16.5. The molecule has 1 N–H and O–H groups in total. The molecule has 2 aliphatic rings. The third-order valence-electron chi connectivity index (χ3n) is 6.14. The van der Waals surface area contributed by atoms with Gasteiger partial charge in [0, 0.05) is 64.0 Å². The highest BCUT2D eigenvalue weighted by molar-refractivity contribution is 5.94. The fourth-order valence-electron chi connectivity index (χ4n) is 4.29. The lowest BCUT2D eigenvalue weighted by Gasteiger charge is -2.36. The largest absolute Gasteiger partial charge is 0.364 e. The lowest BCUT2D eigenvalue weighted by atomic mass is 10.1. The van der Waals surface area contributed by atoms with Crippen molar-refractivity contribution in [2.45, 2.75) is 39.3 Å². The third-order valence-corrected chi connectivity index (χ3v) is 6.14. The summed E-state index contributed by atoms with van der Waals surface area (Å²) in [6.07, 6.45) is 5.07. The summed E-state index contributed by atoms with van der Waals surface area (Å²) in [5.74, 6) is 1.10. The van der Waals surface area contributed by atoms with Crippen molar-refractivity contribution >= 4 is 11.9 Å². The van der Waals surface area contributed by atoms with E-state index in [0.29, 0.717) is 6.54 Å². The zero-order valence-corrected chi connectivity index (χ0v) is 19.0. The van der Waals surface area contributed by atoms with E-state index >= 15 is 0 Å². The summed E-state index contributed by atoms with van der Waals surface area (Å²) in [6, 6.07) is 9.86. The van der Waals surface area contributed by atoms with Crippen LogP contribution in [0.2, 0.25) is 0 Å². The Kier molecular flexibility index (Phi) is 7.77. The molecule has 3 heterocycles. The molecular weight excluding hydrogens is 404 g/mol. The maximum Gasteiger partial charge on any atom is 0.253 e. The van der Waals surface area contributed by atoms with E-state index in [1.165, 1.54) is 6.42 Å². The van der Waals surface area contributed by atoms with E-state index in [1.807, 2.05) is 35.2 Å². The Balaban J connectivity index is 1.31. The van der Waals surface area contributed by atoms with Crippen LogP contribution >= 0.6 is 0 Å². The number of carbonyl (C=O) groups is 1. The minimum atomic E-state index is 0.150. The Morgan fingerprint density at radius 3 is 2.41 bits per heavy atom. The van der Waals surface area contributed by atoms with Crippen LogP contribution in [0, 0.1) is 0 Å². The molecule has 0 unspecified atom stereocenters. The molecule has 0 saturated carbocycles. The van der Waals surface area contributed by atoms with E-state index in [-0.39, 0.29) is 5.91 Å². The van der Waals surface area contributed by atoms with Gasteiger partial charge in [-0.1, -0.05) is 17.3 Å². The van der Waals surface area contributed by atoms with Crippen LogP contribution in [0.3, 0.4) is 0 Å². The monoisotopic (exact) mass is 438 g/mol. The molecule has 1 aromatic heterocycles. The van der Waals surface area contributed by atoms with E-state index in [9.17, 15) is 4.79 Å². The van der Waals surface area contributed by atoms with Gasteiger partial charge in [-0.2, -0.15) is 0 Å². The molecule has 8 heteroatoms. The number of hydrogen-bond acceptors (Lipinski definition) is 5. The summed E-state index contributed by atoms with van der Waals surface area (Å²) in [5, 5.41) is 7.44. The van der Waals surface area contributed by atoms with Gasteiger partial charge in [-0.15, -0.1) is 0 Å². The topological polar surface area (TPSA) is 77.2 Å². The number of piperidine rings is 1. The molecule has 1 amide bonds. The van der Waals surface area contributed by atoms with Gasteiger partial charge in [0.05, 0.1) is 12.2 Å². The second-order valence-electron chi connectivity index (χ2n) is 8.47. The number of amides is 1. The van der Waals surface area contributed by atoms with Crippen LogP contribution in [0.15, 0.2) is 46.1 Å². The van der Waals surface area contributed by atoms with Crippen molar-refractivity contribution in [3.05, 3.63) is 53.4 Å². The van der Waals surface area contributed by atoms with Gasteiger partial charge in [0.2, 0.25) is 0 Å². The first-order valence-corrected chi connectivity index (χ1v) is 11.8. The second kappa shape index (κ2) is 11.1. The predicted octanol–water partition coefficient (Wildman–Crippen LogP) is 2.58. The molecular formula is C24H34N6O2. The first-order valence-electron chi connectivity index (χ1n) is 11.8. The number of likely N-dealkylation sites (tertiary alicyclic amines) is 1. The molecule has 2 aromatic rings. The maximum atomic E-state index is 12.7. The zero-order valence-electron chi connectivity index (χ0n) is 19.0. The van der Waals surface area contributed by atoms with Crippen molar-refractivity contribution in [1.82, 2.24) is 25.2 Å². The summed E-state index contributed by atoms with van der Waals surface area (Å²) in [6.45, 7) is 9.87. The molecule has 2 fully saturated rings. The van der Waals surface area contributed by atoms with Gasteiger partial charge in [-0.3, -0.25) is 9.69 Å². The van der Waals surface area contributed by atoms with Crippen LogP contribution < -0.4 is 5.32 Å². The second-order valence-corrected chi connectivity index (χ2v) is 8.47. The number of guanidine groups is 1. The number of aromatic nitrogens is 1. The van der Waals surface area contributed by atoms with Crippen LogP contribution in [-0.4, -0.2) is 77.5 Å². The van der Waals surface area contributed by atoms with Crippen LogP contribution in [-0.2, 0) is 13.1 Å². The van der Waals surface area contributed by atoms with Crippen molar-refractivity contribution in [1.29, 1.82) is 0 Å². The zero-order chi connectivity index (χ0) is 22.2. The molecule has 0 radical (unpaired) electrons. The standard InChI is InChI=1S/C24H34N6O2/c1-2-25-24(30-15-13-28(14-16-30)19-22-10-17-32-27-22)26-18-20-6-8-21(9-7-20)23(31)29-11-4-3-5-12-29/h6-10,17H,2-5,11-16,18-19H2,1H3,(H,25,26). The summed E-state index contributed by atoms with van der Waals surface area (Å²) < 4.78 is 4.94. The number of nitrogens with one attached hydrogen (secondary N) is 1. The lowest BCUT2D eigenvalue weighted by Crippen LogP contribution is -2.52. The Morgan fingerprint density at radius 2 is 1.75 bits per heavy atom. The van der Waals surface area contributed by atoms with Gasteiger partial charge < -0.3 is 19.6 Å². The molecule has 0 bridgehead atoms. The van der Waals surface area contributed by atoms with E-state index in [0.717, 1.165) is 88.0 Å². The molecule has 0 aliphatic carbocycles. The van der Waals surface area contributed by atoms with Crippen LogP contribution in [0.4, 0.5) is 0 Å². The van der Waals surface area contributed by atoms with Crippen LogP contribution in [0.25, 0.3) is 0 Å². The molecule has 2 aliphatic heterocycles. The molecule has 32 heavy (non-hydrogen) atoms. The molecule has 172 valence electrons. The first-order chi connectivity index (χ1) is 15.7. The van der Waals surface area contributed by atoms with Crippen molar-refractivity contribution in [2.75, 3.05) is 45.8 Å². The normalized spacial score (nSPS) is 18.1. The molecule has 4 rings (SSSR count). The Morgan fingerprint density at radius 1 is 1.00 bits per heavy atom. The predicted molar refractivity (Wildman–Crippen MR) is 124 cm³/mol. The maximum absolute atomic E-state index is 12.7. The van der Waals surface area contributed by atoms with Gasteiger partial charge in [-0.25, -0.2) is 4.99 Å². The lowest BCUT2D eigenvalue weighted by molar-refractivity contribution is 0.0724. The number of piperazine rings is 1. The van der Waals surface area contributed by atoms with E-state index in [4.69, 9.17) is 9.52 Å². The number of aliphatic imine (C=N–C) groups is 1. The number of rotatable bonds is 6. The van der Waals surface area contributed by atoms with Crippen molar-refractivity contribution < 1.29 is 9.32 Å². The smallest absolute Gasteiger partial charge is 0.253 e. The van der Waals surface area contributed by atoms with Gasteiger partial charge in [-0.05, 0) is 43.9 Å². The SMILES string of the molecule is CCNC(=NCc1ccc(C(=O)N2CCCCC2)cc1)N1CCN(Cc2ccon2)CC1. The molecule has 0 atom stereocenters. The molecule has 0 spiro atoms. The summed E-state index contributed by atoms with van der Waals surface area (Å²) in [4.78, 5) is 24.2. The van der Waals surface area contributed by atoms with E-state index in [2.05, 4.69) is 27.2 Å². The van der Waals surface area contributed by atoms with Crippen molar-refractivity contribution in [3.8, 4) is 0 Å². The highest BCUT2D eigenvalue weighted by Gasteiger charge is 2.21. The van der Waals surface area contributed by atoms with Crippen LogP contribution in [0.5, 0.6) is 0 Å². The summed E-state index contributed by atoms with van der Waals surface area (Å²) >= 11 is 0. The van der Waals surface area contributed by atoms with Gasteiger partial charge in [0.1, 0.15) is 6.26 Å². The van der Waals surface area contributed by atoms with Gasteiger partial charge in [0.25, 0.3) is 5.91 Å². The number of hydrogen-bond donors (Lipinski definition) is 1. The highest BCUT2D eigenvalue weighted by Crippen LogP contribution is 2.14. The molecule has 2 saturated heterocycles. The van der Waals surface area contributed by atoms with E-state index in [1.54, 1.807) is 6.26 Å². The quantitative estimate of drug-likeness (QED) is 0.552. The molecule has 1 aromatic carbocycles. The summed E-state index contributed by atoms with van der Waals surface area (Å²) in [5.41, 5.74) is 2.86. The van der Waals surface area contributed by atoms with Gasteiger partial charge in [0.15, 0.2) is 5.96 Å². The Hall–Kier alpha value is -2.87. The van der Waals surface area contributed by atoms with Crippen molar-refractivity contribution in [3.63, 3.8) is 0 Å². The number of carbonyl (C=O) groups excluding carboxylic acids is 1. The minimum Gasteiger partial charge on any atom is -0.364 e. The third kappa shape index (κ3) is 5.88. The average molecular weight is 439 g/mol. The number of nitrogens with zero attached hydrogens (tertiary/aromatic N) is 5. The van der Waals surface area contributed by atoms with Crippen LogP contribution in [0.1, 0.15) is 47.8 Å². The minimum absolute atomic E-state index is 0.150.